The van der Waals surface area contributed by atoms with Crippen LogP contribution in [-0.2, 0) is 5.41 Å². The number of aromatic nitrogens is 1. The summed E-state index contributed by atoms with van der Waals surface area (Å²) in [6.45, 7) is 4.78. The number of rotatable bonds is 7. The second kappa shape index (κ2) is 13.9. The first-order valence-electron chi connectivity index (χ1n) is 20.5. The lowest BCUT2D eigenvalue weighted by molar-refractivity contribution is 0.664. The Labute approximate surface area is 345 Å². The molecular weight excluding hydrogens is 713 g/mol. The van der Waals surface area contributed by atoms with Crippen molar-refractivity contribution in [3.63, 3.8) is 0 Å². The highest BCUT2D eigenvalue weighted by Crippen LogP contribution is 2.53. The van der Waals surface area contributed by atoms with Crippen LogP contribution in [0.5, 0.6) is 0 Å². The molecular formula is C57H42N2. The summed E-state index contributed by atoms with van der Waals surface area (Å²) >= 11 is 0. The molecule has 1 aromatic heterocycles. The predicted molar refractivity (Wildman–Crippen MR) is 250 cm³/mol. The van der Waals surface area contributed by atoms with Gasteiger partial charge in [0.05, 0.1) is 11.0 Å². The summed E-state index contributed by atoms with van der Waals surface area (Å²) in [5.41, 5.74) is 20.6. The van der Waals surface area contributed by atoms with Crippen LogP contribution in [0.2, 0.25) is 0 Å². The van der Waals surface area contributed by atoms with Gasteiger partial charge < -0.3 is 9.88 Å². The summed E-state index contributed by atoms with van der Waals surface area (Å²) in [5, 5.41) is 6.28. The van der Waals surface area contributed by atoms with E-state index >= 15 is 0 Å². The van der Waals surface area contributed by atoms with Crippen molar-refractivity contribution in [2.75, 3.05) is 5.32 Å². The van der Waals surface area contributed by atoms with Crippen LogP contribution in [0.1, 0.15) is 25.0 Å². The number of nitrogens with one attached hydrogen (secondary N) is 1. The zero-order valence-corrected chi connectivity index (χ0v) is 33.2. The molecule has 9 aromatic carbocycles. The maximum atomic E-state index is 3.76. The average Bonchev–Trinajstić information content (AvgIpc) is 3.75. The van der Waals surface area contributed by atoms with E-state index in [2.05, 4.69) is 236 Å². The Hall–Kier alpha value is -7.42. The molecule has 11 rings (SSSR count). The second-order valence-electron chi connectivity index (χ2n) is 16.2. The summed E-state index contributed by atoms with van der Waals surface area (Å²) in [5.74, 6) is 0. The Kier molecular flexibility index (Phi) is 8.20. The van der Waals surface area contributed by atoms with Gasteiger partial charge in [0, 0.05) is 38.8 Å². The van der Waals surface area contributed by atoms with Gasteiger partial charge in [-0.1, -0.05) is 178 Å². The first-order chi connectivity index (χ1) is 29.0. The fourth-order valence-corrected chi connectivity index (χ4v) is 9.49. The molecule has 0 unspecified atom stereocenters. The van der Waals surface area contributed by atoms with Crippen molar-refractivity contribution >= 4 is 33.2 Å². The maximum Gasteiger partial charge on any atom is 0.0588 e. The van der Waals surface area contributed by atoms with Crippen LogP contribution in [0.4, 0.5) is 11.4 Å². The Morgan fingerprint density at radius 2 is 0.966 bits per heavy atom. The van der Waals surface area contributed by atoms with E-state index in [4.69, 9.17) is 0 Å². The van der Waals surface area contributed by atoms with Crippen molar-refractivity contribution in [2.45, 2.75) is 19.3 Å². The van der Waals surface area contributed by atoms with E-state index in [0.717, 1.165) is 22.6 Å². The van der Waals surface area contributed by atoms with Gasteiger partial charge in [-0.05, 0) is 110 Å². The third-order valence-corrected chi connectivity index (χ3v) is 12.4. The van der Waals surface area contributed by atoms with Gasteiger partial charge in [-0.25, -0.2) is 0 Å². The van der Waals surface area contributed by atoms with Gasteiger partial charge in [0.15, 0.2) is 0 Å². The minimum atomic E-state index is -0.174. The number of hydrogen-bond acceptors (Lipinski definition) is 1. The van der Waals surface area contributed by atoms with E-state index in [1.54, 1.807) is 0 Å². The van der Waals surface area contributed by atoms with Gasteiger partial charge in [-0.15, -0.1) is 0 Å². The Balaban J connectivity index is 1.07. The van der Waals surface area contributed by atoms with Crippen LogP contribution >= 0.6 is 0 Å². The van der Waals surface area contributed by atoms with Crippen LogP contribution in [0, 0.1) is 0 Å². The van der Waals surface area contributed by atoms with Crippen LogP contribution in [0.15, 0.2) is 212 Å². The fourth-order valence-electron chi connectivity index (χ4n) is 9.49. The van der Waals surface area contributed by atoms with Crippen molar-refractivity contribution in [1.82, 2.24) is 4.57 Å². The lowest BCUT2D eigenvalue weighted by Crippen LogP contribution is -2.16. The Bertz CT molecular complexity index is 3170. The summed E-state index contributed by atoms with van der Waals surface area (Å²) < 4.78 is 2.53. The molecule has 59 heavy (non-hydrogen) atoms. The minimum Gasteiger partial charge on any atom is -0.355 e. The average molecular weight is 755 g/mol. The van der Waals surface area contributed by atoms with E-state index < -0.39 is 0 Å². The topological polar surface area (TPSA) is 17.0 Å². The van der Waals surface area contributed by atoms with E-state index in [-0.39, 0.29) is 5.41 Å². The molecule has 2 nitrogen and oxygen atoms in total. The first kappa shape index (κ1) is 34.8. The van der Waals surface area contributed by atoms with Crippen LogP contribution in [0.25, 0.3) is 83.1 Å². The van der Waals surface area contributed by atoms with Gasteiger partial charge in [0.1, 0.15) is 0 Å². The molecule has 2 heteroatoms. The highest BCUT2D eigenvalue weighted by Gasteiger charge is 2.38. The summed E-state index contributed by atoms with van der Waals surface area (Å²) in [6, 6.07) is 77.3. The number of fused-ring (bicyclic) bond motifs is 7. The molecule has 0 amide bonds. The molecule has 1 N–H and O–H groups in total. The molecule has 10 aromatic rings. The highest BCUT2D eigenvalue weighted by atomic mass is 15.0. The third kappa shape index (κ3) is 5.87. The van der Waals surface area contributed by atoms with Crippen LogP contribution in [-0.4, -0.2) is 4.57 Å². The molecule has 280 valence electrons. The molecule has 0 saturated carbocycles. The van der Waals surface area contributed by atoms with Crippen LogP contribution in [0.3, 0.4) is 0 Å². The number of anilines is 2. The third-order valence-electron chi connectivity index (χ3n) is 12.4. The lowest BCUT2D eigenvalue weighted by atomic mass is 9.81. The van der Waals surface area contributed by atoms with Crippen molar-refractivity contribution in [1.29, 1.82) is 0 Å². The minimum absolute atomic E-state index is 0.174. The molecule has 0 saturated heterocycles. The summed E-state index contributed by atoms with van der Waals surface area (Å²) in [4.78, 5) is 0. The van der Waals surface area contributed by atoms with E-state index in [0.29, 0.717) is 0 Å². The standard InChI is InChI=1S/C57H42N2/c1-57(2)52-24-13-12-23-47(52)48-31-32-49-51-37-44(28-34-54(51)59(56(49)55(48)57)46-22-14-21-42(35-46)39-17-8-4-9-18-39)43-27-33-53(50(36-43)41-19-10-5-11-20-41)58-45-29-25-40(26-30-45)38-15-6-3-7-16-38/h3-37,58H,1-2H3. The van der Waals surface area contributed by atoms with Gasteiger partial charge in [0.25, 0.3) is 0 Å². The zero-order valence-electron chi connectivity index (χ0n) is 33.2. The van der Waals surface area contributed by atoms with E-state index in [1.165, 1.54) is 83.0 Å². The van der Waals surface area contributed by atoms with Crippen molar-refractivity contribution < 1.29 is 0 Å². The zero-order chi connectivity index (χ0) is 39.5. The molecule has 1 aliphatic rings. The van der Waals surface area contributed by atoms with E-state index in [1.807, 2.05) is 0 Å². The Morgan fingerprint density at radius 3 is 1.71 bits per heavy atom. The normalized spacial score (nSPS) is 12.7. The van der Waals surface area contributed by atoms with Gasteiger partial charge >= 0.3 is 0 Å². The molecule has 1 heterocycles. The quantitative estimate of drug-likeness (QED) is 0.171. The summed E-state index contributed by atoms with van der Waals surface area (Å²) in [6.07, 6.45) is 0. The first-order valence-corrected chi connectivity index (χ1v) is 20.5. The molecule has 0 bridgehead atoms. The van der Waals surface area contributed by atoms with Crippen molar-refractivity contribution in [2.24, 2.45) is 0 Å². The number of benzene rings is 9. The second-order valence-corrected chi connectivity index (χ2v) is 16.2. The SMILES string of the molecule is CC1(C)c2ccccc2-c2ccc3c4cc(-c5ccc(Nc6ccc(-c7ccccc7)cc6)c(-c6ccccc6)c5)ccc4n(-c4cccc(-c5ccccc5)c4)c3c21. The fraction of sp³-hybridized carbons (Fsp3) is 0.0526. The molecule has 0 radical (unpaired) electrons. The molecule has 0 atom stereocenters. The monoisotopic (exact) mass is 754 g/mol. The van der Waals surface area contributed by atoms with E-state index in [9.17, 15) is 0 Å². The molecule has 0 spiro atoms. The number of hydrogen-bond donors (Lipinski definition) is 1. The smallest absolute Gasteiger partial charge is 0.0588 e. The lowest BCUT2D eigenvalue weighted by Gasteiger charge is -2.23. The number of nitrogens with zero attached hydrogens (tertiary/aromatic N) is 1. The largest absolute Gasteiger partial charge is 0.355 e. The highest BCUT2D eigenvalue weighted by molar-refractivity contribution is 6.14. The predicted octanol–water partition coefficient (Wildman–Crippen LogP) is 15.5. The summed E-state index contributed by atoms with van der Waals surface area (Å²) in [7, 11) is 0. The van der Waals surface area contributed by atoms with Gasteiger partial charge in [-0.3, -0.25) is 0 Å². The van der Waals surface area contributed by atoms with Crippen LogP contribution < -0.4 is 5.32 Å². The molecule has 1 aliphatic carbocycles. The Morgan fingerprint density at radius 1 is 0.390 bits per heavy atom. The van der Waals surface area contributed by atoms with Crippen molar-refractivity contribution in [3.8, 4) is 61.3 Å². The van der Waals surface area contributed by atoms with Crippen molar-refractivity contribution in [3.05, 3.63) is 223 Å². The molecule has 0 aliphatic heterocycles. The molecule has 0 fully saturated rings. The van der Waals surface area contributed by atoms with Gasteiger partial charge in [0.2, 0.25) is 0 Å². The maximum absolute atomic E-state index is 3.76. The van der Waals surface area contributed by atoms with Gasteiger partial charge in [-0.2, -0.15) is 0 Å².